The number of amides is 1. The van der Waals surface area contributed by atoms with Gasteiger partial charge in [0.2, 0.25) is 11.9 Å². The number of rotatable bonds is 11. The Hall–Kier alpha value is -3.53. The number of morpholine rings is 1. The molecule has 3 heterocycles. The van der Waals surface area contributed by atoms with Crippen LogP contribution in [0.25, 0.3) is 22.4 Å². The van der Waals surface area contributed by atoms with E-state index in [9.17, 15) is 9.59 Å². The molecule has 10 nitrogen and oxygen atoms in total. The second kappa shape index (κ2) is 12.6. The lowest BCUT2D eigenvalue weighted by Gasteiger charge is -2.27. The molecule has 1 fully saturated rings. The van der Waals surface area contributed by atoms with Crippen LogP contribution in [-0.2, 0) is 19.1 Å². The van der Waals surface area contributed by atoms with Crippen molar-refractivity contribution in [2.45, 2.75) is 58.4 Å². The molecule has 1 N–H and O–H groups in total. The fourth-order valence-electron chi connectivity index (χ4n) is 4.37. The van der Waals surface area contributed by atoms with Crippen molar-refractivity contribution in [2.75, 3.05) is 43.6 Å². The summed E-state index contributed by atoms with van der Waals surface area (Å²) in [7, 11) is 1.40. The standard InChI is InChI=1S/C27H36N6O4/c1-19(2)33-18-28-25-24(30-27(31-26(25)33)32-13-15-37-16-14-32)20-9-8-10-21(17-20)29-22(34)11-6-4-5-7-12-23(35)36-3/h8-10,17-19H,4-7,11-16H2,1-3H3,(H,29,34). The van der Waals surface area contributed by atoms with E-state index < -0.39 is 0 Å². The van der Waals surface area contributed by atoms with Gasteiger partial charge < -0.3 is 24.3 Å². The molecular formula is C27H36N6O4. The molecule has 10 heteroatoms. The number of nitrogens with zero attached hydrogens (tertiary/aromatic N) is 5. The Morgan fingerprint density at radius 2 is 1.84 bits per heavy atom. The first kappa shape index (κ1) is 26.5. The number of carbonyl (C=O) groups excluding carboxylic acids is 2. The van der Waals surface area contributed by atoms with E-state index in [1.807, 2.05) is 30.6 Å². The van der Waals surface area contributed by atoms with E-state index in [0.717, 1.165) is 66.9 Å². The number of unbranched alkanes of at least 4 members (excludes halogenated alkanes) is 3. The van der Waals surface area contributed by atoms with Crippen LogP contribution in [0.5, 0.6) is 0 Å². The number of esters is 1. The number of imidazole rings is 1. The molecule has 0 bridgehead atoms. The Bertz CT molecular complexity index is 1220. The number of carbonyl (C=O) groups is 2. The molecule has 0 spiro atoms. The van der Waals surface area contributed by atoms with Gasteiger partial charge in [-0.05, 0) is 38.8 Å². The van der Waals surface area contributed by atoms with Crippen molar-refractivity contribution in [2.24, 2.45) is 0 Å². The van der Waals surface area contributed by atoms with Crippen LogP contribution in [0, 0.1) is 0 Å². The summed E-state index contributed by atoms with van der Waals surface area (Å²) >= 11 is 0. The highest BCUT2D eigenvalue weighted by Gasteiger charge is 2.21. The van der Waals surface area contributed by atoms with Gasteiger partial charge in [0, 0.05) is 43.2 Å². The van der Waals surface area contributed by atoms with E-state index in [1.165, 1.54) is 7.11 Å². The first-order valence-corrected chi connectivity index (χ1v) is 13.0. The van der Waals surface area contributed by atoms with E-state index in [4.69, 9.17) is 14.7 Å². The number of benzene rings is 1. The zero-order valence-electron chi connectivity index (χ0n) is 21.9. The van der Waals surface area contributed by atoms with Crippen molar-refractivity contribution in [3.8, 4) is 11.3 Å². The summed E-state index contributed by atoms with van der Waals surface area (Å²) in [6.45, 7) is 6.97. The van der Waals surface area contributed by atoms with Crippen LogP contribution < -0.4 is 10.2 Å². The number of hydrogen-bond donors (Lipinski definition) is 1. The molecule has 0 aliphatic carbocycles. The molecule has 37 heavy (non-hydrogen) atoms. The predicted octanol–water partition coefficient (Wildman–Crippen LogP) is 4.36. The summed E-state index contributed by atoms with van der Waals surface area (Å²) in [4.78, 5) is 40.3. The SMILES string of the molecule is COC(=O)CCCCCCC(=O)Nc1cccc(-c2nc(N3CCOCC3)nc3c2ncn3C(C)C)c1. The molecule has 2 aromatic heterocycles. The highest BCUT2D eigenvalue weighted by atomic mass is 16.5. The van der Waals surface area contributed by atoms with Crippen LogP contribution in [0.3, 0.4) is 0 Å². The predicted molar refractivity (Wildman–Crippen MR) is 143 cm³/mol. The Morgan fingerprint density at radius 1 is 1.08 bits per heavy atom. The molecule has 0 atom stereocenters. The highest BCUT2D eigenvalue weighted by Crippen LogP contribution is 2.30. The molecule has 0 radical (unpaired) electrons. The molecule has 1 aliphatic heterocycles. The zero-order valence-corrected chi connectivity index (χ0v) is 21.9. The van der Waals surface area contributed by atoms with Crippen molar-refractivity contribution in [1.82, 2.24) is 19.5 Å². The Balaban J connectivity index is 1.48. The van der Waals surface area contributed by atoms with E-state index in [1.54, 1.807) is 0 Å². The Labute approximate surface area is 217 Å². The maximum atomic E-state index is 12.6. The summed E-state index contributed by atoms with van der Waals surface area (Å²) < 4.78 is 12.2. The normalized spacial score (nSPS) is 13.8. The van der Waals surface area contributed by atoms with Crippen LogP contribution in [0.15, 0.2) is 30.6 Å². The van der Waals surface area contributed by atoms with Gasteiger partial charge in [-0.25, -0.2) is 9.97 Å². The van der Waals surface area contributed by atoms with Gasteiger partial charge >= 0.3 is 5.97 Å². The third-order valence-electron chi connectivity index (χ3n) is 6.44. The maximum Gasteiger partial charge on any atom is 0.305 e. The highest BCUT2D eigenvalue weighted by molar-refractivity contribution is 5.93. The number of methoxy groups -OCH3 is 1. The smallest absolute Gasteiger partial charge is 0.305 e. The monoisotopic (exact) mass is 508 g/mol. The molecule has 0 saturated carbocycles. The Morgan fingerprint density at radius 3 is 2.57 bits per heavy atom. The van der Waals surface area contributed by atoms with Crippen LogP contribution in [0.2, 0.25) is 0 Å². The molecule has 0 unspecified atom stereocenters. The van der Waals surface area contributed by atoms with Gasteiger partial charge in [-0.3, -0.25) is 9.59 Å². The third-order valence-corrected chi connectivity index (χ3v) is 6.44. The zero-order chi connectivity index (χ0) is 26.2. The van der Waals surface area contributed by atoms with Crippen LogP contribution >= 0.6 is 0 Å². The van der Waals surface area contributed by atoms with Gasteiger partial charge in [-0.15, -0.1) is 0 Å². The number of hydrogen-bond acceptors (Lipinski definition) is 8. The van der Waals surface area contributed by atoms with Crippen LogP contribution in [-0.4, -0.2) is 64.8 Å². The van der Waals surface area contributed by atoms with Crippen molar-refractivity contribution in [3.63, 3.8) is 0 Å². The molecule has 1 saturated heterocycles. The minimum atomic E-state index is -0.188. The van der Waals surface area contributed by atoms with Crippen molar-refractivity contribution < 1.29 is 19.1 Å². The van der Waals surface area contributed by atoms with Gasteiger partial charge in [0.25, 0.3) is 0 Å². The summed E-state index contributed by atoms with van der Waals surface area (Å²) in [5, 5.41) is 3.01. The van der Waals surface area contributed by atoms with Gasteiger partial charge in [0.05, 0.1) is 26.7 Å². The number of ether oxygens (including phenoxy) is 2. The number of nitrogens with one attached hydrogen (secondary N) is 1. The molecular weight excluding hydrogens is 472 g/mol. The van der Waals surface area contributed by atoms with Crippen molar-refractivity contribution >= 4 is 34.7 Å². The molecule has 1 aliphatic rings. The van der Waals surface area contributed by atoms with Crippen molar-refractivity contribution in [1.29, 1.82) is 0 Å². The van der Waals surface area contributed by atoms with Crippen LogP contribution in [0.1, 0.15) is 58.4 Å². The molecule has 3 aromatic rings. The quantitative estimate of drug-likeness (QED) is 0.300. The first-order chi connectivity index (χ1) is 18.0. The lowest BCUT2D eigenvalue weighted by molar-refractivity contribution is -0.140. The molecule has 4 rings (SSSR count). The molecule has 1 aromatic carbocycles. The topological polar surface area (TPSA) is 111 Å². The van der Waals surface area contributed by atoms with E-state index in [2.05, 4.69) is 38.4 Å². The second-order valence-electron chi connectivity index (χ2n) is 9.51. The minimum absolute atomic E-state index is 0.0314. The van der Waals surface area contributed by atoms with E-state index >= 15 is 0 Å². The molecule has 198 valence electrons. The summed E-state index contributed by atoms with van der Waals surface area (Å²) in [6, 6.07) is 7.92. The van der Waals surface area contributed by atoms with Crippen molar-refractivity contribution in [3.05, 3.63) is 30.6 Å². The van der Waals surface area contributed by atoms with Gasteiger partial charge in [0.1, 0.15) is 11.2 Å². The summed E-state index contributed by atoms with van der Waals surface area (Å²) in [6.07, 6.45) is 6.02. The van der Waals surface area contributed by atoms with Crippen LogP contribution in [0.4, 0.5) is 11.6 Å². The second-order valence-corrected chi connectivity index (χ2v) is 9.51. The third kappa shape index (κ3) is 6.82. The number of aromatic nitrogens is 4. The van der Waals surface area contributed by atoms with Gasteiger partial charge in [-0.2, -0.15) is 4.98 Å². The van der Waals surface area contributed by atoms with E-state index in [0.29, 0.717) is 32.0 Å². The molecule has 1 amide bonds. The minimum Gasteiger partial charge on any atom is -0.469 e. The fourth-order valence-corrected chi connectivity index (χ4v) is 4.37. The lowest BCUT2D eigenvalue weighted by Crippen LogP contribution is -2.37. The van der Waals surface area contributed by atoms with E-state index in [-0.39, 0.29) is 17.9 Å². The Kier molecular flexibility index (Phi) is 9.05. The van der Waals surface area contributed by atoms with Gasteiger partial charge in [-0.1, -0.05) is 25.0 Å². The number of anilines is 2. The fraction of sp³-hybridized carbons (Fsp3) is 0.519. The lowest BCUT2D eigenvalue weighted by atomic mass is 10.1. The summed E-state index contributed by atoms with van der Waals surface area (Å²) in [5.41, 5.74) is 3.87. The maximum absolute atomic E-state index is 12.6. The largest absolute Gasteiger partial charge is 0.469 e. The average Bonchev–Trinajstić information content (AvgIpc) is 3.35. The number of fused-ring (bicyclic) bond motifs is 1. The van der Waals surface area contributed by atoms with Gasteiger partial charge in [0.15, 0.2) is 5.65 Å². The average molecular weight is 509 g/mol. The summed E-state index contributed by atoms with van der Waals surface area (Å²) in [5.74, 6) is 0.442. The first-order valence-electron chi connectivity index (χ1n) is 13.0.